The number of esters is 1. The molecule has 0 radical (unpaired) electrons. The fourth-order valence-corrected chi connectivity index (χ4v) is 1.76. The number of ether oxygens (including phenoxy) is 2. The van der Waals surface area contributed by atoms with Gasteiger partial charge in [-0.1, -0.05) is 6.08 Å². The zero-order valence-electron chi connectivity index (χ0n) is 11.7. The molecule has 0 fully saturated rings. The highest BCUT2D eigenvalue weighted by Gasteiger charge is 2.17. The smallest absolute Gasteiger partial charge is 0.383 e. The van der Waals surface area contributed by atoms with Crippen molar-refractivity contribution in [2.45, 2.75) is 6.92 Å². The Morgan fingerprint density at radius 1 is 1.41 bits per heavy atom. The van der Waals surface area contributed by atoms with E-state index in [1.807, 2.05) is 0 Å². The SMILES string of the molecule is CC=COc1c(O)c2cc(C(=O)OCCO)ccc2oc1=O. The highest BCUT2D eigenvalue weighted by molar-refractivity contribution is 5.96. The second-order valence-corrected chi connectivity index (χ2v) is 4.22. The fourth-order valence-electron chi connectivity index (χ4n) is 1.76. The summed E-state index contributed by atoms with van der Waals surface area (Å²) < 4.78 is 14.8. The summed E-state index contributed by atoms with van der Waals surface area (Å²) in [5.41, 5.74) is -0.588. The molecule has 22 heavy (non-hydrogen) atoms. The van der Waals surface area contributed by atoms with Crippen LogP contribution in [0, 0.1) is 0 Å². The third kappa shape index (κ3) is 3.09. The van der Waals surface area contributed by atoms with E-state index in [9.17, 15) is 14.7 Å². The van der Waals surface area contributed by atoms with Crippen molar-refractivity contribution < 1.29 is 28.9 Å². The molecule has 1 aromatic carbocycles. The molecule has 1 heterocycles. The van der Waals surface area contributed by atoms with Crippen molar-refractivity contribution in [2.24, 2.45) is 0 Å². The Bertz CT molecular complexity index is 773. The lowest BCUT2D eigenvalue weighted by atomic mass is 10.1. The van der Waals surface area contributed by atoms with Gasteiger partial charge in [0.1, 0.15) is 12.2 Å². The van der Waals surface area contributed by atoms with E-state index in [0.29, 0.717) is 0 Å². The highest BCUT2D eigenvalue weighted by Crippen LogP contribution is 2.32. The summed E-state index contributed by atoms with van der Waals surface area (Å²) in [6, 6.07) is 4.07. The van der Waals surface area contributed by atoms with Gasteiger partial charge in [0, 0.05) is 0 Å². The normalized spacial score (nSPS) is 11.0. The van der Waals surface area contributed by atoms with Crippen molar-refractivity contribution >= 4 is 16.9 Å². The molecule has 2 aromatic rings. The van der Waals surface area contributed by atoms with Crippen LogP contribution in [0.25, 0.3) is 11.0 Å². The average molecular weight is 306 g/mol. The summed E-state index contributed by atoms with van der Waals surface area (Å²) in [6.07, 6.45) is 2.75. The van der Waals surface area contributed by atoms with Crippen molar-refractivity contribution in [1.29, 1.82) is 0 Å². The topological polar surface area (TPSA) is 106 Å². The quantitative estimate of drug-likeness (QED) is 0.490. The van der Waals surface area contributed by atoms with Crippen LogP contribution in [0.2, 0.25) is 0 Å². The van der Waals surface area contributed by atoms with E-state index in [0.717, 1.165) is 0 Å². The monoisotopic (exact) mass is 306 g/mol. The third-order valence-corrected chi connectivity index (χ3v) is 2.72. The van der Waals surface area contributed by atoms with Gasteiger partial charge in [-0.15, -0.1) is 0 Å². The molecular formula is C15H14O7. The zero-order chi connectivity index (χ0) is 16.1. The summed E-state index contributed by atoms with van der Waals surface area (Å²) in [6.45, 7) is 1.25. The fraction of sp³-hybridized carbons (Fsp3) is 0.200. The van der Waals surface area contributed by atoms with E-state index >= 15 is 0 Å². The number of aliphatic hydroxyl groups is 1. The standard InChI is InChI=1S/C15H14O7/c1-2-6-20-13-12(17)10-8-9(14(18)21-7-5-16)3-4-11(10)22-15(13)19/h2-4,6,8,16-17H,5,7H2,1H3. The molecule has 2 rings (SSSR count). The first-order chi connectivity index (χ1) is 10.6. The number of rotatable bonds is 5. The second-order valence-electron chi connectivity index (χ2n) is 4.22. The lowest BCUT2D eigenvalue weighted by Gasteiger charge is -2.07. The van der Waals surface area contributed by atoms with E-state index < -0.39 is 17.3 Å². The Morgan fingerprint density at radius 2 is 2.18 bits per heavy atom. The highest BCUT2D eigenvalue weighted by atomic mass is 16.5. The van der Waals surface area contributed by atoms with E-state index in [1.165, 1.54) is 30.5 Å². The van der Waals surface area contributed by atoms with Crippen LogP contribution >= 0.6 is 0 Å². The van der Waals surface area contributed by atoms with Gasteiger partial charge >= 0.3 is 11.6 Å². The van der Waals surface area contributed by atoms with Crippen molar-refractivity contribution in [2.75, 3.05) is 13.2 Å². The third-order valence-electron chi connectivity index (χ3n) is 2.72. The number of hydrogen-bond acceptors (Lipinski definition) is 7. The number of fused-ring (bicyclic) bond motifs is 1. The summed E-state index contributed by atoms with van der Waals surface area (Å²) in [4.78, 5) is 23.4. The Morgan fingerprint density at radius 3 is 2.86 bits per heavy atom. The molecule has 116 valence electrons. The minimum absolute atomic E-state index is 0.106. The molecule has 0 aliphatic heterocycles. The van der Waals surface area contributed by atoms with Crippen LogP contribution < -0.4 is 10.4 Å². The average Bonchev–Trinajstić information content (AvgIpc) is 2.52. The van der Waals surface area contributed by atoms with Gasteiger partial charge in [-0.2, -0.15) is 0 Å². The maximum atomic E-state index is 11.7. The molecular weight excluding hydrogens is 292 g/mol. The number of aliphatic hydroxyl groups excluding tert-OH is 1. The van der Waals surface area contributed by atoms with Crippen molar-refractivity contribution in [3.63, 3.8) is 0 Å². The van der Waals surface area contributed by atoms with Gasteiger partial charge in [0.25, 0.3) is 5.75 Å². The number of carbonyl (C=O) groups is 1. The van der Waals surface area contributed by atoms with Crippen molar-refractivity contribution in [3.05, 3.63) is 46.5 Å². The Hall–Kier alpha value is -2.80. The molecule has 0 amide bonds. The number of allylic oxidation sites excluding steroid dienone is 1. The predicted octanol–water partition coefficient (Wildman–Crippen LogP) is 1.56. The first kappa shape index (κ1) is 15.6. The van der Waals surface area contributed by atoms with Gasteiger partial charge in [-0.05, 0) is 25.1 Å². The van der Waals surface area contributed by atoms with Crippen LogP contribution in [0.15, 0.2) is 39.7 Å². The van der Waals surface area contributed by atoms with E-state index in [1.54, 1.807) is 6.92 Å². The molecule has 0 bridgehead atoms. The van der Waals surface area contributed by atoms with Crippen LogP contribution in [-0.2, 0) is 4.74 Å². The van der Waals surface area contributed by atoms with E-state index in [2.05, 4.69) is 0 Å². The van der Waals surface area contributed by atoms with Crippen LogP contribution in [0.4, 0.5) is 0 Å². The first-order valence-electron chi connectivity index (χ1n) is 6.44. The van der Waals surface area contributed by atoms with E-state index in [4.69, 9.17) is 19.0 Å². The minimum atomic E-state index is -0.835. The first-order valence-corrected chi connectivity index (χ1v) is 6.44. The number of carbonyl (C=O) groups excluding carboxylic acids is 1. The van der Waals surface area contributed by atoms with Gasteiger partial charge < -0.3 is 24.1 Å². The zero-order valence-corrected chi connectivity index (χ0v) is 11.7. The van der Waals surface area contributed by atoms with Gasteiger partial charge in [-0.25, -0.2) is 9.59 Å². The molecule has 7 nitrogen and oxygen atoms in total. The molecule has 0 spiro atoms. The van der Waals surface area contributed by atoms with Gasteiger partial charge in [0.05, 0.1) is 23.8 Å². The Kier molecular flexibility index (Phi) is 4.80. The summed E-state index contributed by atoms with van der Waals surface area (Å²) in [5.74, 6) is -1.47. The lowest BCUT2D eigenvalue weighted by Crippen LogP contribution is -2.09. The minimum Gasteiger partial charge on any atom is -0.504 e. The molecule has 0 aliphatic carbocycles. The Labute approximate surface area is 125 Å². The molecule has 0 unspecified atom stereocenters. The molecule has 0 saturated heterocycles. The maximum absolute atomic E-state index is 11.7. The number of aromatic hydroxyl groups is 1. The molecule has 7 heteroatoms. The van der Waals surface area contributed by atoms with Crippen LogP contribution in [0.5, 0.6) is 11.5 Å². The number of hydrogen-bond donors (Lipinski definition) is 2. The molecule has 0 saturated carbocycles. The summed E-state index contributed by atoms with van der Waals surface area (Å²) in [7, 11) is 0. The molecule has 0 atom stereocenters. The van der Waals surface area contributed by atoms with Gasteiger partial charge in [0.2, 0.25) is 0 Å². The maximum Gasteiger partial charge on any atom is 0.383 e. The van der Waals surface area contributed by atoms with Crippen LogP contribution in [0.1, 0.15) is 17.3 Å². The number of benzene rings is 1. The Balaban J connectivity index is 2.50. The van der Waals surface area contributed by atoms with E-state index in [-0.39, 0.29) is 35.5 Å². The summed E-state index contributed by atoms with van der Waals surface area (Å²) in [5, 5.41) is 18.9. The lowest BCUT2D eigenvalue weighted by molar-refractivity contribution is 0.0434. The predicted molar refractivity (Wildman–Crippen MR) is 77.0 cm³/mol. The van der Waals surface area contributed by atoms with Crippen LogP contribution in [0.3, 0.4) is 0 Å². The van der Waals surface area contributed by atoms with Gasteiger partial charge in [0.15, 0.2) is 5.75 Å². The van der Waals surface area contributed by atoms with Crippen molar-refractivity contribution in [3.8, 4) is 11.5 Å². The molecule has 2 N–H and O–H groups in total. The summed E-state index contributed by atoms with van der Waals surface area (Å²) >= 11 is 0. The van der Waals surface area contributed by atoms with Crippen molar-refractivity contribution in [1.82, 2.24) is 0 Å². The molecule has 1 aromatic heterocycles. The van der Waals surface area contributed by atoms with Crippen LogP contribution in [-0.4, -0.2) is 29.4 Å². The van der Waals surface area contributed by atoms with Gasteiger partial charge in [-0.3, -0.25) is 0 Å². The second kappa shape index (κ2) is 6.77. The molecule has 0 aliphatic rings. The largest absolute Gasteiger partial charge is 0.504 e.